The highest BCUT2D eigenvalue weighted by molar-refractivity contribution is 5.83. The van der Waals surface area contributed by atoms with Gasteiger partial charge in [0, 0.05) is 13.0 Å². The average Bonchev–Trinajstić information content (AvgIpc) is 3.41. The smallest absolute Gasteiger partial charge is 0.249 e. The van der Waals surface area contributed by atoms with Crippen molar-refractivity contribution in [1.82, 2.24) is 35.5 Å². The van der Waals surface area contributed by atoms with Crippen LogP contribution >= 0.6 is 0 Å². The number of hydrogen-bond donors (Lipinski definition) is 2. The molecule has 2 N–H and O–H groups in total. The van der Waals surface area contributed by atoms with E-state index in [1.807, 2.05) is 54.6 Å². The highest BCUT2D eigenvalue weighted by Gasteiger charge is 2.23. The van der Waals surface area contributed by atoms with Crippen LogP contribution in [0, 0.1) is 0 Å². The summed E-state index contributed by atoms with van der Waals surface area (Å²) in [5.74, 6) is 0.902. The van der Waals surface area contributed by atoms with Gasteiger partial charge in [0.25, 0.3) is 0 Å². The molecule has 0 aliphatic rings. The molecule has 1 amide bonds. The van der Waals surface area contributed by atoms with Gasteiger partial charge in [-0.1, -0.05) is 48.9 Å². The van der Waals surface area contributed by atoms with E-state index in [2.05, 4.69) is 30.8 Å². The predicted octanol–water partition coefficient (Wildman–Crippen LogP) is 2.67. The first-order valence-corrected chi connectivity index (χ1v) is 9.80. The molecule has 8 heteroatoms. The number of rotatable bonds is 9. The number of carbonyl (C=O) groups is 1. The van der Waals surface area contributed by atoms with Gasteiger partial charge in [0.15, 0.2) is 6.04 Å². The minimum absolute atomic E-state index is 0.110. The van der Waals surface area contributed by atoms with Gasteiger partial charge < -0.3 is 10.3 Å². The molecule has 0 spiro atoms. The standard InChI is InChI=1S/C21H23N7O/c29-21(20(28-15-23-26-27-28)16-9-3-1-4-10-16)22-14-8-2-5-13-19-24-17-11-6-7-12-18(17)25-19/h1,3-4,6-7,9-12,15,20H,2,5,8,13-14H2,(H,22,29)(H,24,25)/t20-/m1/s1. The lowest BCUT2D eigenvalue weighted by Gasteiger charge is -2.16. The average molecular weight is 389 g/mol. The van der Waals surface area contributed by atoms with Crippen LogP contribution < -0.4 is 5.32 Å². The van der Waals surface area contributed by atoms with E-state index >= 15 is 0 Å². The van der Waals surface area contributed by atoms with Crippen LogP contribution in [0.5, 0.6) is 0 Å². The minimum atomic E-state index is -0.568. The number of imidazole rings is 1. The lowest BCUT2D eigenvalue weighted by atomic mass is 10.1. The Balaban J connectivity index is 1.24. The van der Waals surface area contributed by atoms with E-state index in [1.165, 1.54) is 11.0 Å². The SMILES string of the molecule is O=C(NCCCCCc1nc2ccccc2[nH]1)[C@@H](c1ccccc1)n1cnnn1. The molecule has 29 heavy (non-hydrogen) atoms. The van der Waals surface area contributed by atoms with Gasteiger partial charge in [0.05, 0.1) is 11.0 Å². The van der Waals surface area contributed by atoms with Gasteiger partial charge in [0.2, 0.25) is 5.91 Å². The Morgan fingerprint density at radius 3 is 2.66 bits per heavy atom. The van der Waals surface area contributed by atoms with Crippen molar-refractivity contribution in [2.24, 2.45) is 0 Å². The zero-order valence-corrected chi connectivity index (χ0v) is 16.0. The third-order valence-corrected chi connectivity index (χ3v) is 4.82. The largest absolute Gasteiger partial charge is 0.354 e. The molecule has 0 saturated carbocycles. The second kappa shape index (κ2) is 9.09. The lowest BCUT2D eigenvalue weighted by Crippen LogP contribution is -2.34. The predicted molar refractivity (Wildman–Crippen MR) is 109 cm³/mol. The zero-order chi connectivity index (χ0) is 19.9. The Labute approximate surface area is 168 Å². The number of benzene rings is 2. The fourth-order valence-corrected chi connectivity index (χ4v) is 3.37. The maximum absolute atomic E-state index is 12.8. The number of nitrogens with zero attached hydrogens (tertiary/aromatic N) is 5. The number of nitrogens with one attached hydrogen (secondary N) is 2. The third-order valence-electron chi connectivity index (χ3n) is 4.82. The Kier molecular flexibility index (Phi) is 5.89. The molecular formula is C21H23N7O. The second-order valence-electron chi connectivity index (χ2n) is 6.91. The fourth-order valence-electron chi connectivity index (χ4n) is 3.37. The molecule has 8 nitrogen and oxygen atoms in total. The lowest BCUT2D eigenvalue weighted by molar-refractivity contribution is -0.123. The number of tetrazole rings is 1. The molecular weight excluding hydrogens is 366 g/mol. The van der Waals surface area contributed by atoms with Crippen LogP contribution in [0.25, 0.3) is 11.0 Å². The molecule has 4 rings (SSSR count). The minimum Gasteiger partial charge on any atom is -0.354 e. The number of hydrogen-bond acceptors (Lipinski definition) is 5. The van der Waals surface area contributed by atoms with E-state index < -0.39 is 6.04 Å². The summed E-state index contributed by atoms with van der Waals surface area (Å²) in [6, 6.07) is 17.0. The molecule has 0 bridgehead atoms. The van der Waals surface area contributed by atoms with E-state index in [1.54, 1.807) is 0 Å². The van der Waals surface area contributed by atoms with E-state index in [-0.39, 0.29) is 5.91 Å². The molecule has 2 heterocycles. The Bertz CT molecular complexity index is 1010. The number of H-pyrrole nitrogens is 1. The quantitative estimate of drug-likeness (QED) is 0.429. The van der Waals surface area contributed by atoms with E-state index in [4.69, 9.17) is 0 Å². The van der Waals surface area contributed by atoms with Crippen molar-refractivity contribution in [3.63, 3.8) is 0 Å². The number of amides is 1. The molecule has 148 valence electrons. The molecule has 0 fully saturated rings. The maximum Gasteiger partial charge on any atom is 0.249 e. The molecule has 0 unspecified atom stereocenters. The second-order valence-corrected chi connectivity index (χ2v) is 6.91. The van der Waals surface area contributed by atoms with Gasteiger partial charge in [-0.2, -0.15) is 0 Å². The van der Waals surface area contributed by atoms with Crippen LogP contribution in [0.2, 0.25) is 0 Å². The monoisotopic (exact) mass is 389 g/mol. The van der Waals surface area contributed by atoms with Gasteiger partial charge in [-0.3, -0.25) is 4.79 Å². The topological polar surface area (TPSA) is 101 Å². The first kappa shape index (κ1) is 18.8. The van der Waals surface area contributed by atoms with E-state index in [9.17, 15) is 4.79 Å². The normalized spacial score (nSPS) is 12.1. The zero-order valence-electron chi connectivity index (χ0n) is 16.0. The fraction of sp³-hybridized carbons (Fsp3) is 0.286. The van der Waals surface area contributed by atoms with Gasteiger partial charge in [-0.25, -0.2) is 9.67 Å². The molecule has 0 aliphatic carbocycles. The van der Waals surface area contributed by atoms with Crippen molar-refractivity contribution in [2.75, 3.05) is 6.54 Å². The molecule has 4 aromatic rings. The van der Waals surface area contributed by atoms with Crippen molar-refractivity contribution in [3.8, 4) is 0 Å². The summed E-state index contributed by atoms with van der Waals surface area (Å²) in [7, 11) is 0. The molecule has 0 aliphatic heterocycles. The van der Waals surface area contributed by atoms with Gasteiger partial charge >= 0.3 is 0 Å². The summed E-state index contributed by atoms with van der Waals surface area (Å²) in [5, 5.41) is 14.2. The number of carbonyl (C=O) groups excluding carboxylic acids is 1. The molecule has 2 aromatic carbocycles. The van der Waals surface area contributed by atoms with Gasteiger partial charge in [-0.05, 0) is 41.0 Å². The number of aryl methyl sites for hydroxylation is 1. The summed E-state index contributed by atoms with van der Waals surface area (Å²) in [4.78, 5) is 20.7. The summed E-state index contributed by atoms with van der Waals surface area (Å²) < 4.78 is 1.48. The summed E-state index contributed by atoms with van der Waals surface area (Å²) in [5.41, 5.74) is 2.93. The molecule has 1 atom stereocenters. The van der Waals surface area contributed by atoms with Crippen molar-refractivity contribution in [3.05, 3.63) is 72.3 Å². The van der Waals surface area contributed by atoms with Crippen LogP contribution in [-0.2, 0) is 11.2 Å². The van der Waals surface area contributed by atoms with Crippen LogP contribution in [0.3, 0.4) is 0 Å². The number of aromatic nitrogens is 6. The van der Waals surface area contributed by atoms with Crippen molar-refractivity contribution >= 4 is 16.9 Å². The molecule has 0 radical (unpaired) electrons. The summed E-state index contributed by atoms with van der Waals surface area (Å²) >= 11 is 0. The number of fused-ring (bicyclic) bond motifs is 1. The first-order valence-electron chi connectivity index (χ1n) is 9.80. The third kappa shape index (κ3) is 4.66. The number of unbranched alkanes of at least 4 members (excludes halogenated alkanes) is 2. The highest BCUT2D eigenvalue weighted by atomic mass is 16.2. The van der Waals surface area contributed by atoms with Crippen LogP contribution in [0.15, 0.2) is 60.9 Å². The Morgan fingerprint density at radius 1 is 1.03 bits per heavy atom. The van der Waals surface area contributed by atoms with E-state index in [0.29, 0.717) is 6.54 Å². The van der Waals surface area contributed by atoms with Gasteiger partial charge in [-0.15, -0.1) is 5.10 Å². The Hall–Kier alpha value is -3.55. The molecule has 0 saturated heterocycles. The number of para-hydroxylation sites is 2. The van der Waals surface area contributed by atoms with Crippen molar-refractivity contribution in [1.29, 1.82) is 0 Å². The van der Waals surface area contributed by atoms with Crippen molar-refractivity contribution in [2.45, 2.75) is 31.7 Å². The molecule has 2 aromatic heterocycles. The highest BCUT2D eigenvalue weighted by Crippen LogP contribution is 2.17. The van der Waals surface area contributed by atoms with Crippen molar-refractivity contribution < 1.29 is 4.79 Å². The van der Waals surface area contributed by atoms with Crippen LogP contribution in [0.4, 0.5) is 0 Å². The maximum atomic E-state index is 12.8. The van der Waals surface area contributed by atoms with E-state index in [0.717, 1.165) is 48.1 Å². The summed E-state index contributed by atoms with van der Waals surface area (Å²) in [6.45, 7) is 0.615. The van der Waals surface area contributed by atoms with Crippen LogP contribution in [0.1, 0.15) is 36.7 Å². The Morgan fingerprint density at radius 2 is 1.86 bits per heavy atom. The first-order chi connectivity index (χ1) is 14.3. The van der Waals surface area contributed by atoms with Crippen LogP contribution in [-0.4, -0.2) is 42.6 Å². The van der Waals surface area contributed by atoms with Gasteiger partial charge in [0.1, 0.15) is 12.2 Å². The summed E-state index contributed by atoms with van der Waals surface area (Å²) in [6.07, 6.45) is 5.30. The number of aromatic amines is 1.